The molecule has 5 nitrogen and oxygen atoms in total. The van der Waals surface area contributed by atoms with E-state index in [-0.39, 0.29) is 17.2 Å². The van der Waals surface area contributed by atoms with Gasteiger partial charge < -0.3 is 0 Å². The fourth-order valence-electron chi connectivity index (χ4n) is 3.13. The largest absolute Gasteiger partial charge is 0.272 e. The fourth-order valence-corrected chi connectivity index (χ4v) is 4.25. The van der Waals surface area contributed by atoms with Crippen molar-refractivity contribution < 1.29 is 9.59 Å². The van der Waals surface area contributed by atoms with E-state index in [0.717, 1.165) is 12.8 Å². The normalized spacial score (nSPS) is 16.9. The quantitative estimate of drug-likeness (QED) is 0.543. The maximum atomic E-state index is 12.3. The molecule has 144 valence electrons. The number of hydrogen-bond donors (Lipinski definition) is 1. The molecule has 6 heteroatoms. The van der Waals surface area contributed by atoms with Crippen LogP contribution in [0.3, 0.4) is 0 Å². The first-order chi connectivity index (χ1) is 12.7. The lowest BCUT2D eigenvalue weighted by Crippen LogP contribution is -2.47. The molecule has 1 aromatic heterocycles. The molecule has 1 saturated heterocycles. The minimum absolute atomic E-state index is 0.0154. The molecule has 2 heterocycles. The summed E-state index contributed by atoms with van der Waals surface area (Å²) in [5, 5.41) is 1.58. The van der Waals surface area contributed by atoms with Crippen molar-refractivity contribution in [1.82, 2.24) is 15.4 Å². The highest BCUT2D eigenvalue weighted by molar-refractivity contribution is 8.00. The fraction of sp³-hybridized carbons (Fsp3) is 0.650. The standard InChI is InChI=1S/C20H31N3O2S/c1-2-3-4-5-6-7-8-9-10-11-19-23(18(24)16-26-19)22-20(25)17-12-14-21-15-13-17/h12-15,19H,2-11,16H2,1H3,(H,22,25). The van der Waals surface area contributed by atoms with E-state index in [2.05, 4.69) is 17.3 Å². The number of carbonyl (C=O) groups is 2. The van der Waals surface area contributed by atoms with Gasteiger partial charge in [0.25, 0.3) is 11.8 Å². The monoisotopic (exact) mass is 377 g/mol. The maximum Gasteiger partial charge on any atom is 0.270 e. The van der Waals surface area contributed by atoms with Crippen LogP contribution < -0.4 is 5.43 Å². The van der Waals surface area contributed by atoms with E-state index in [0.29, 0.717) is 11.3 Å². The number of thioether (sulfide) groups is 1. The summed E-state index contributed by atoms with van der Waals surface area (Å²) in [7, 11) is 0. The summed E-state index contributed by atoms with van der Waals surface area (Å²) in [6.07, 6.45) is 15.7. The van der Waals surface area contributed by atoms with Gasteiger partial charge in [0.05, 0.1) is 11.1 Å². The van der Waals surface area contributed by atoms with Crippen molar-refractivity contribution in [3.8, 4) is 0 Å². The number of rotatable bonds is 12. The molecule has 0 aliphatic carbocycles. The molecular weight excluding hydrogens is 346 g/mol. The van der Waals surface area contributed by atoms with E-state index in [1.165, 1.54) is 56.4 Å². The number of amides is 2. The number of unbranched alkanes of at least 4 members (excludes halogenated alkanes) is 8. The molecule has 1 aliphatic heterocycles. The van der Waals surface area contributed by atoms with Crippen molar-refractivity contribution in [3.63, 3.8) is 0 Å². The molecule has 0 spiro atoms. The minimum Gasteiger partial charge on any atom is -0.272 e. The smallest absolute Gasteiger partial charge is 0.270 e. The molecular formula is C20H31N3O2S. The van der Waals surface area contributed by atoms with Gasteiger partial charge in [0, 0.05) is 18.0 Å². The van der Waals surface area contributed by atoms with Crippen LogP contribution in [0.5, 0.6) is 0 Å². The van der Waals surface area contributed by atoms with Gasteiger partial charge in [-0.15, -0.1) is 11.8 Å². The molecule has 0 aromatic carbocycles. The molecule has 2 amide bonds. The second-order valence-corrected chi connectivity index (χ2v) is 7.99. The third kappa shape index (κ3) is 6.98. The van der Waals surface area contributed by atoms with Crippen molar-refractivity contribution >= 4 is 23.6 Å². The van der Waals surface area contributed by atoms with Crippen LogP contribution in [-0.2, 0) is 4.79 Å². The van der Waals surface area contributed by atoms with E-state index in [9.17, 15) is 9.59 Å². The first-order valence-electron chi connectivity index (χ1n) is 9.87. The highest BCUT2D eigenvalue weighted by Crippen LogP contribution is 2.28. The Morgan fingerprint density at radius 1 is 1.12 bits per heavy atom. The van der Waals surface area contributed by atoms with Gasteiger partial charge in [0.1, 0.15) is 0 Å². The Morgan fingerprint density at radius 2 is 1.73 bits per heavy atom. The topological polar surface area (TPSA) is 62.3 Å². The predicted molar refractivity (Wildman–Crippen MR) is 107 cm³/mol. The van der Waals surface area contributed by atoms with Gasteiger partial charge >= 0.3 is 0 Å². The summed E-state index contributed by atoms with van der Waals surface area (Å²) in [6, 6.07) is 3.30. The van der Waals surface area contributed by atoms with Crippen molar-refractivity contribution in [3.05, 3.63) is 30.1 Å². The Balaban J connectivity index is 1.65. The van der Waals surface area contributed by atoms with Crippen LogP contribution in [0.4, 0.5) is 0 Å². The van der Waals surface area contributed by atoms with Crippen LogP contribution in [0, 0.1) is 0 Å². The van der Waals surface area contributed by atoms with E-state index < -0.39 is 0 Å². The second kappa shape index (κ2) is 11.9. The molecule has 1 aliphatic rings. The SMILES string of the molecule is CCCCCCCCCCCC1SCC(=O)N1NC(=O)c1ccncc1. The van der Waals surface area contributed by atoms with E-state index in [4.69, 9.17) is 0 Å². The Kier molecular flexibility index (Phi) is 9.53. The number of aromatic nitrogens is 1. The number of carbonyl (C=O) groups excluding carboxylic acids is 2. The van der Waals surface area contributed by atoms with Crippen LogP contribution in [0.15, 0.2) is 24.5 Å². The zero-order valence-corrected chi connectivity index (χ0v) is 16.6. The maximum absolute atomic E-state index is 12.3. The lowest BCUT2D eigenvalue weighted by Gasteiger charge is -2.24. The first kappa shape index (κ1) is 20.7. The molecule has 26 heavy (non-hydrogen) atoms. The van der Waals surface area contributed by atoms with Gasteiger partial charge in [-0.25, -0.2) is 5.01 Å². The van der Waals surface area contributed by atoms with Crippen LogP contribution in [0.25, 0.3) is 0 Å². The Morgan fingerprint density at radius 3 is 2.38 bits per heavy atom. The van der Waals surface area contributed by atoms with Crippen molar-refractivity contribution in [2.45, 2.75) is 76.5 Å². The predicted octanol–water partition coefficient (Wildman–Crippen LogP) is 4.55. The van der Waals surface area contributed by atoms with E-state index in [1.54, 1.807) is 36.3 Å². The number of hydrazine groups is 1. The number of pyridine rings is 1. The van der Waals surface area contributed by atoms with E-state index in [1.807, 2.05) is 0 Å². The van der Waals surface area contributed by atoms with Gasteiger partial charge in [-0.05, 0) is 18.6 Å². The average Bonchev–Trinajstić information content (AvgIpc) is 3.01. The Labute approximate surface area is 161 Å². The zero-order chi connectivity index (χ0) is 18.6. The highest BCUT2D eigenvalue weighted by atomic mass is 32.2. The summed E-state index contributed by atoms with van der Waals surface area (Å²) >= 11 is 1.62. The van der Waals surface area contributed by atoms with Gasteiger partial charge in [-0.3, -0.25) is 20.0 Å². The molecule has 0 saturated carbocycles. The van der Waals surface area contributed by atoms with Crippen LogP contribution in [0.1, 0.15) is 81.5 Å². The molecule has 0 radical (unpaired) electrons. The van der Waals surface area contributed by atoms with Crippen LogP contribution in [0.2, 0.25) is 0 Å². The van der Waals surface area contributed by atoms with Gasteiger partial charge in [-0.1, -0.05) is 64.7 Å². The molecule has 1 unspecified atom stereocenters. The average molecular weight is 378 g/mol. The summed E-state index contributed by atoms with van der Waals surface area (Å²) in [4.78, 5) is 28.3. The first-order valence-corrected chi connectivity index (χ1v) is 10.9. The van der Waals surface area contributed by atoms with Crippen molar-refractivity contribution in [2.24, 2.45) is 0 Å². The Bertz CT molecular complexity index is 553. The van der Waals surface area contributed by atoms with Gasteiger partial charge in [0.2, 0.25) is 0 Å². The van der Waals surface area contributed by atoms with E-state index >= 15 is 0 Å². The summed E-state index contributed by atoms with van der Waals surface area (Å²) < 4.78 is 0. The molecule has 1 fully saturated rings. The number of nitrogens with zero attached hydrogens (tertiary/aromatic N) is 2. The molecule has 0 bridgehead atoms. The second-order valence-electron chi connectivity index (χ2n) is 6.82. The van der Waals surface area contributed by atoms with Gasteiger partial charge in [-0.2, -0.15) is 0 Å². The molecule has 2 rings (SSSR count). The van der Waals surface area contributed by atoms with Gasteiger partial charge in [0.15, 0.2) is 0 Å². The third-order valence-electron chi connectivity index (χ3n) is 4.68. The number of nitrogens with one attached hydrogen (secondary N) is 1. The Hall–Kier alpha value is -1.56. The molecule has 1 atom stereocenters. The summed E-state index contributed by atoms with van der Waals surface area (Å²) in [5.41, 5.74) is 3.29. The van der Waals surface area contributed by atoms with Crippen molar-refractivity contribution in [1.29, 1.82) is 0 Å². The highest BCUT2D eigenvalue weighted by Gasteiger charge is 2.32. The summed E-state index contributed by atoms with van der Waals surface area (Å²) in [6.45, 7) is 2.24. The lowest BCUT2D eigenvalue weighted by atomic mass is 10.1. The minimum atomic E-state index is -0.250. The molecule has 1 aromatic rings. The number of hydrogen-bond acceptors (Lipinski definition) is 4. The van der Waals surface area contributed by atoms with Crippen molar-refractivity contribution in [2.75, 3.05) is 5.75 Å². The van der Waals surface area contributed by atoms with Crippen LogP contribution >= 0.6 is 11.8 Å². The molecule has 1 N–H and O–H groups in total. The third-order valence-corrected chi connectivity index (χ3v) is 5.92. The zero-order valence-electron chi connectivity index (χ0n) is 15.8. The lowest BCUT2D eigenvalue weighted by molar-refractivity contribution is -0.130. The van der Waals surface area contributed by atoms with Crippen LogP contribution in [-0.4, -0.2) is 32.9 Å². The summed E-state index contributed by atoms with van der Waals surface area (Å²) in [5.74, 6) is 0.178.